The van der Waals surface area contributed by atoms with Crippen LogP contribution >= 0.6 is 24.0 Å². The third kappa shape index (κ3) is 7.46. The van der Waals surface area contributed by atoms with Crippen LogP contribution in [0.2, 0.25) is 0 Å². The van der Waals surface area contributed by atoms with Crippen LogP contribution in [-0.2, 0) is 26.1 Å². The third-order valence-electron chi connectivity index (χ3n) is 4.82. The van der Waals surface area contributed by atoms with Crippen LogP contribution in [-0.4, -0.2) is 29.7 Å². The average molecular weight is 535 g/mol. The van der Waals surface area contributed by atoms with Crippen LogP contribution < -0.4 is 20.5 Å². The van der Waals surface area contributed by atoms with Crippen molar-refractivity contribution in [2.45, 2.75) is 32.5 Å². The Morgan fingerprint density at radius 3 is 2.58 bits per heavy atom. The first-order chi connectivity index (χ1) is 14.7. The van der Waals surface area contributed by atoms with E-state index in [4.69, 9.17) is 15.2 Å². The minimum absolute atomic E-state index is 0. The lowest BCUT2D eigenvalue weighted by Gasteiger charge is -2.10. The molecule has 3 rings (SSSR count). The Balaban J connectivity index is 0.00000341. The number of nitrogens with two attached hydrogens (primary N) is 1. The molecule has 0 spiro atoms. The summed E-state index contributed by atoms with van der Waals surface area (Å²) in [5.41, 5.74) is 8.37. The molecule has 8 heteroatoms. The SMILES string of the molecule is COc1ccc(CN=C(N)NCc2nccn2CCCc2ccccc2)cc1OC.I. The third-order valence-corrected chi connectivity index (χ3v) is 4.82. The van der Waals surface area contributed by atoms with Gasteiger partial charge in [-0.25, -0.2) is 9.98 Å². The Bertz CT molecular complexity index is 960. The van der Waals surface area contributed by atoms with Crippen molar-refractivity contribution < 1.29 is 9.47 Å². The molecule has 0 fully saturated rings. The number of benzene rings is 2. The standard InChI is InChI=1S/C23H29N5O2.HI/c1-29-20-11-10-19(15-21(20)30-2)16-26-23(24)27-17-22-25-12-14-28(22)13-6-9-18-7-4-3-5-8-18;/h3-5,7-8,10-12,14-15H,6,9,13,16-17H2,1-2H3,(H3,24,26,27);1H. The molecule has 0 aliphatic heterocycles. The van der Waals surface area contributed by atoms with Gasteiger partial charge < -0.3 is 25.1 Å². The van der Waals surface area contributed by atoms with Crippen molar-refractivity contribution in [2.75, 3.05) is 14.2 Å². The van der Waals surface area contributed by atoms with Crippen molar-refractivity contribution in [3.8, 4) is 11.5 Å². The highest BCUT2D eigenvalue weighted by Gasteiger charge is 2.06. The maximum absolute atomic E-state index is 6.04. The number of halogens is 1. The van der Waals surface area contributed by atoms with E-state index in [0.717, 1.165) is 30.8 Å². The molecule has 2 aromatic carbocycles. The van der Waals surface area contributed by atoms with Crippen molar-refractivity contribution in [1.82, 2.24) is 14.9 Å². The number of aromatic nitrogens is 2. The molecular weight excluding hydrogens is 505 g/mol. The maximum Gasteiger partial charge on any atom is 0.189 e. The van der Waals surface area contributed by atoms with Crippen LogP contribution in [0.25, 0.3) is 0 Å². The largest absolute Gasteiger partial charge is 0.493 e. The minimum Gasteiger partial charge on any atom is -0.493 e. The number of aliphatic imine (C=N–C) groups is 1. The molecule has 31 heavy (non-hydrogen) atoms. The number of hydrogen-bond acceptors (Lipinski definition) is 4. The number of hydrogen-bond donors (Lipinski definition) is 2. The average Bonchev–Trinajstić information content (AvgIpc) is 3.24. The molecule has 0 amide bonds. The highest BCUT2D eigenvalue weighted by atomic mass is 127. The van der Waals surface area contributed by atoms with E-state index in [2.05, 4.69) is 44.1 Å². The highest BCUT2D eigenvalue weighted by molar-refractivity contribution is 14.0. The number of imidazole rings is 1. The first-order valence-corrected chi connectivity index (χ1v) is 9.98. The van der Waals surface area contributed by atoms with Crippen LogP contribution in [0.3, 0.4) is 0 Å². The van der Waals surface area contributed by atoms with Gasteiger partial charge >= 0.3 is 0 Å². The quantitative estimate of drug-likeness (QED) is 0.235. The van der Waals surface area contributed by atoms with Crippen LogP contribution in [0.5, 0.6) is 11.5 Å². The zero-order valence-electron chi connectivity index (χ0n) is 18.0. The number of aryl methyl sites for hydroxylation is 2. The fraction of sp³-hybridized carbons (Fsp3) is 0.304. The van der Waals surface area contributed by atoms with E-state index in [1.165, 1.54) is 5.56 Å². The summed E-state index contributed by atoms with van der Waals surface area (Å²) in [5.74, 6) is 2.68. The molecule has 1 aromatic heterocycles. The minimum atomic E-state index is 0. The van der Waals surface area contributed by atoms with Gasteiger partial charge in [-0.3, -0.25) is 0 Å². The fourth-order valence-electron chi connectivity index (χ4n) is 3.19. The van der Waals surface area contributed by atoms with Crippen LogP contribution in [0.15, 0.2) is 65.9 Å². The van der Waals surface area contributed by atoms with E-state index >= 15 is 0 Å². The lowest BCUT2D eigenvalue weighted by atomic mass is 10.1. The molecule has 0 atom stereocenters. The second-order valence-corrected chi connectivity index (χ2v) is 6.87. The molecule has 3 N–H and O–H groups in total. The van der Waals surface area contributed by atoms with Gasteiger partial charge in [-0.1, -0.05) is 36.4 Å². The van der Waals surface area contributed by atoms with E-state index in [1.54, 1.807) is 14.2 Å². The summed E-state index contributed by atoms with van der Waals surface area (Å²) in [4.78, 5) is 8.84. The van der Waals surface area contributed by atoms with Gasteiger partial charge in [0.15, 0.2) is 17.5 Å². The molecule has 0 aliphatic carbocycles. The Morgan fingerprint density at radius 2 is 1.84 bits per heavy atom. The summed E-state index contributed by atoms with van der Waals surface area (Å²) in [5, 5.41) is 3.14. The van der Waals surface area contributed by atoms with Crippen LogP contribution in [0.4, 0.5) is 0 Å². The molecule has 0 radical (unpaired) electrons. The van der Waals surface area contributed by atoms with Crippen LogP contribution in [0, 0.1) is 0 Å². The summed E-state index contributed by atoms with van der Waals surface area (Å²) in [7, 11) is 3.23. The molecular formula is C23H30IN5O2. The zero-order chi connectivity index (χ0) is 21.2. The molecule has 7 nitrogen and oxygen atoms in total. The van der Waals surface area contributed by atoms with Gasteiger partial charge in [0.1, 0.15) is 5.82 Å². The van der Waals surface area contributed by atoms with Gasteiger partial charge in [0.05, 0.1) is 27.3 Å². The van der Waals surface area contributed by atoms with Gasteiger partial charge in [0, 0.05) is 18.9 Å². The molecule has 0 saturated carbocycles. The number of guanidine groups is 1. The maximum atomic E-state index is 6.04. The number of methoxy groups -OCH3 is 2. The van der Waals surface area contributed by atoms with E-state index in [0.29, 0.717) is 30.5 Å². The predicted octanol–water partition coefficient (Wildman–Crippen LogP) is 3.76. The van der Waals surface area contributed by atoms with Crippen LogP contribution in [0.1, 0.15) is 23.4 Å². The van der Waals surface area contributed by atoms with Gasteiger partial charge in [0.25, 0.3) is 0 Å². The van der Waals surface area contributed by atoms with Gasteiger partial charge in [-0.15, -0.1) is 24.0 Å². The van der Waals surface area contributed by atoms with Crippen molar-refractivity contribution in [2.24, 2.45) is 10.7 Å². The first kappa shape index (κ1) is 24.5. The fourth-order valence-corrected chi connectivity index (χ4v) is 3.19. The summed E-state index contributed by atoms with van der Waals surface area (Å²) in [6.07, 6.45) is 5.91. The zero-order valence-corrected chi connectivity index (χ0v) is 20.3. The molecule has 1 heterocycles. The Morgan fingerprint density at radius 1 is 1.06 bits per heavy atom. The van der Waals surface area contributed by atoms with Crippen molar-refractivity contribution in [1.29, 1.82) is 0 Å². The summed E-state index contributed by atoms with van der Waals surface area (Å²) >= 11 is 0. The topological polar surface area (TPSA) is 86.7 Å². The second kappa shape index (κ2) is 12.8. The summed E-state index contributed by atoms with van der Waals surface area (Å²) in [6, 6.07) is 16.2. The molecule has 0 aliphatic rings. The molecule has 0 bridgehead atoms. The van der Waals surface area contributed by atoms with Crippen molar-refractivity contribution in [3.63, 3.8) is 0 Å². The highest BCUT2D eigenvalue weighted by Crippen LogP contribution is 2.27. The lowest BCUT2D eigenvalue weighted by Crippen LogP contribution is -2.32. The predicted molar refractivity (Wildman–Crippen MR) is 134 cm³/mol. The number of rotatable bonds is 10. The van der Waals surface area contributed by atoms with Crippen molar-refractivity contribution in [3.05, 3.63) is 77.9 Å². The molecule has 0 saturated heterocycles. The summed E-state index contributed by atoms with van der Waals surface area (Å²) in [6.45, 7) is 1.89. The monoisotopic (exact) mass is 535 g/mol. The molecule has 3 aromatic rings. The van der Waals surface area contributed by atoms with E-state index in [9.17, 15) is 0 Å². The number of nitrogens with zero attached hydrogens (tertiary/aromatic N) is 3. The summed E-state index contributed by atoms with van der Waals surface area (Å²) < 4.78 is 12.7. The lowest BCUT2D eigenvalue weighted by molar-refractivity contribution is 0.354. The molecule has 166 valence electrons. The Kier molecular flexibility index (Phi) is 10.2. The molecule has 0 unspecified atom stereocenters. The van der Waals surface area contributed by atoms with Gasteiger partial charge in [0.2, 0.25) is 0 Å². The van der Waals surface area contributed by atoms with E-state index in [1.807, 2.05) is 36.7 Å². The Hall–Kier alpha value is -2.75. The smallest absolute Gasteiger partial charge is 0.189 e. The van der Waals surface area contributed by atoms with Crippen molar-refractivity contribution >= 4 is 29.9 Å². The normalized spacial score (nSPS) is 11.0. The van der Waals surface area contributed by atoms with E-state index in [-0.39, 0.29) is 24.0 Å². The van der Waals surface area contributed by atoms with E-state index < -0.39 is 0 Å². The van der Waals surface area contributed by atoms with Gasteiger partial charge in [-0.05, 0) is 36.1 Å². The number of ether oxygens (including phenoxy) is 2. The van der Waals surface area contributed by atoms with Gasteiger partial charge in [-0.2, -0.15) is 0 Å². The second-order valence-electron chi connectivity index (χ2n) is 6.87. The first-order valence-electron chi connectivity index (χ1n) is 9.98. The number of nitrogens with one attached hydrogen (secondary N) is 1. The Labute approximate surface area is 200 Å².